The third-order valence-electron chi connectivity index (χ3n) is 2.49. The van der Waals surface area contributed by atoms with Crippen molar-refractivity contribution in [1.82, 2.24) is 10.6 Å². The zero-order chi connectivity index (χ0) is 10.4. The zero-order valence-electron chi connectivity index (χ0n) is 8.51. The lowest BCUT2D eigenvalue weighted by molar-refractivity contribution is -0.124. The van der Waals surface area contributed by atoms with Crippen LogP contribution in [0.1, 0.15) is 12.8 Å². The second-order valence-electron chi connectivity index (χ2n) is 3.63. The summed E-state index contributed by atoms with van der Waals surface area (Å²) in [5.74, 6) is -0.0801. The maximum Gasteiger partial charge on any atom is 0.234 e. The molecular formula is C9H18N2O3. The zero-order valence-corrected chi connectivity index (χ0v) is 8.51. The Hall–Kier alpha value is -0.650. The molecule has 0 radical (unpaired) electrons. The third kappa shape index (κ3) is 2.94. The van der Waals surface area contributed by atoms with E-state index in [4.69, 9.17) is 4.74 Å². The van der Waals surface area contributed by atoms with E-state index in [0.717, 1.165) is 0 Å². The molecule has 0 aliphatic carbocycles. The van der Waals surface area contributed by atoms with E-state index in [0.29, 0.717) is 26.1 Å². The average molecular weight is 202 g/mol. The highest BCUT2D eigenvalue weighted by Gasteiger charge is 2.33. The number of aliphatic hydroxyl groups excluding tert-OH is 1. The van der Waals surface area contributed by atoms with Gasteiger partial charge in [-0.25, -0.2) is 0 Å². The molecule has 0 aromatic carbocycles. The molecule has 0 spiro atoms. The summed E-state index contributed by atoms with van der Waals surface area (Å²) in [6.07, 6.45) is 1.36. The molecule has 0 unspecified atom stereocenters. The number of carbonyl (C=O) groups excluding carboxylic acids is 1. The first-order valence-corrected chi connectivity index (χ1v) is 4.87. The van der Waals surface area contributed by atoms with Crippen molar-refractivity contribution in [3.05, 3.63) is 0 Å². The van der Waals surface area contributed by atoms with Gasteiger partial charge in [0.15, 0.2) is 0 Å². The smallest absolute Gasteiger partial charge is 0.234 e. The van der Waals surface area contributed by atoms with Gasteiger partial charge in [-0.2, -0.15) is 0 Å². The van der Waals surface area contributed by atoms with Crippen LogP contribution in [0.5, 0.6) is 0 Å². The van der Waals surface area contributed by atoms with Crippen molar-refractivity contribution in [3.8, 4) is 0 Å². The van der Waals surface area contributed by atoms with Gasteiger partial charge in [-0.05, 0) is 19.9 Å². The lowest BCUT2D eigenvalue weighted by atomic mass is 9.91. The van der Waals surface area contributed by atoms with Gasteiger partial charge in [-0.15, -0.1) is 0 Å². The molecular weight excluding hydrogens is 184 g/mol. The van der Waals surface area contributed by atoms with Crippen LogP contribution >= 0.6 is 0 Å². The van der Waals surface area contributed by atoms with E-state index in [-0.39, 0.29) is 19.1 Å². The molecule has 0 saturated carbocycles. The number of hydrogen-bond acceptors (Lipinski definition) is 4. The largest absolute Gasteiger partial charge is 0.394 e. The van der Waals surface area contributed by atoms with E-state index in [1.54, 1.807) is 7.05 Å². The molecule has 1 heterocycles. The summed E-state index contributed by atoms with van der Waals surface area (Å²) in [7, 11) is 1.72. The standard InChI is InChI=1S/C9H18N2O3/c1-10-6-8(13)11-9(7-12)2-4-14-5-3-9/h10,12H,2-7H2,1H3,(H,11,13). The van der Waals surface area contributed by atoms with Crippen LogP contribution in [0.25, 0.3) is 0 Å². The van der Waals surface area contributed by atoms with Crippen LogP contribution < -0.4 is 10.6 Å². The van der Waals surface area contributed by atoms with Gasteiger partial charge in [0, 0.05) is 13.2 Å². The number of nitrogens with one attached hydrogen (secondary N) is 2. The molecule has 1 aliphatic heterocycles. The highest BCUT2D eigenvalue weighted by atomic mass is 16.5. The molecule has 0 aromatic rings. The summed E-state index contributed by atoms with van der Waals surface area (Å²) in [4.78, 5) is 11.3. The molecule has 0 aromatic heterocycles. The van der Waals surface area contributed by atoms with Crippen molar-refractivity contribution in [2.24, 2.45) is 0 Å². The van der Waals surface area contributed by atoms with Gasteiger partial charge in [0.05, 0.1) is 18.7 Å². The molecule has 1 saturated heterocycles. The van der Waals surface area contributed by atoms with Crippen LogP contribution in [0.2, 0.25) is 0 Å². The summed E-state index contributed by atoms with van der Waals surface area (Å²) in [6, 6.07) is 0. The van der Waals surface area contributed by atoms with Crippen molar-refractivity contribution in [2.45, 2.75) is 18.4 Å². The number of amides is 1. The Morgan fingerprint density at radius 3 is 2.64 bits per heavy atom. The first kappa shape index (κ1) is 11.4. The number of aliphatic hydroxyl groups is 1. The average Bonchev–Trinajstić information content (AvgIpc) is 2.19. The molecule has 1 amide bonds. The lowest BCUT2D eigenvalue weighted by Gasteiger charge is -2.36. The molecule has 0 atom stereocenters. The molecule has 0 bridgehead atoms. The van der Waals surface area contributed by atoms with Crippen molar-refractivity contribution in [3.63, 3.8) is 0 Å². The van der Waals surface area contributed by atoms with Crippen molar-refractivity contribution in [2.75, 3.05) is 33.4 Å². The van der Waals surface area contributed by atoms with E-state index >= 15 is 0 Å². The van der Waals surface area contributed by atoms with E-state index in [9.17, 15) is 9.90 Å². The predicted octanol–water partition coefficient (Wildman–Crippen LogP) is -1.14. The quantitative estimate of drug-likeness (QED) is 0.539. The van der Waals surface area contributed by atoms with Crippen molar-refractivity contribution < 1.29 is 14.6 Å². The third-order valence-corrected chi connectivity index (χ3v) is 2.49. The minimum Gasteiger partial charge on any atom is -0.394 e. The Bertz CT molecular complexity index is 190. The first-order chi connectivity index (χ1) is 6.72. The van der Waals surface area contributed by atoms with Crippen molar-refractivity contribution >= 4 is 5.91 Å². The first-order valence-electron chi connectivity index (χ1n) is 4.87. The fourth-order valence-electron chi connectivity index (χ4n) is 1.59. The number of rotatable bonds is 4. The summed E-state index contributed by atoms with van der Waals surface area (Å²) >= 11 is 0. The van der Waals surface area contributed by atoms with Crippen LogP contribution in [0.4, 0.5) is 0 Å². The summed E-state index contributed by atoms with van der Waals surface area (Å²) in [6.45, 7) is 1.45. The van der Waals surface area contributed by atoms with E-state index < -0.39 is 5.54 Å². The minimum atomic E-state index is -0.466. The van der Waals surface area contributed by atoms with Crippen LogP contribution in [-0.4, -0.2) is 50.0 Å². The van der Waals surface area contributed by atoms with Crippen LogP contribution in [0.15, 0.2) is 0 Å². The van der Waals surface area contributed by atoms with Crippen LogP contribution in [0.3, 0.4) is 0 Å². The van der Waals surface area contributed by atoms with Gasteiger partial charge >= 0.3 is 0 Å². The van der Waals surface area contributed by atoms with Crippen LogP contribution in [0, 0.1) is 0 Å². The molecule has 14 heavy (non-hydrogen) atoms. The maximum atomic E-state index is 11.3. The highest BCUT2D eigenvalue weighted by Crippen LogP contribution is 2.19. The Kier molecular flexibility index (Phi) is 4.31. The lowest BCUT2D eigenvalue weighted by Crippen LogP contribution is -2.56. The number of hydrogen-bond donors (Lipinski definition) is 3. The molecule has 5 nitrogen and oxygen atoms in total. The van der Waals surface area contributed by atoms with Gasteiger partial charge in [-0.1, -0.05) is 0 Å². The van der Waals surface area contributed by atoms with E-state index in [1.807, 2.05) is 0 Å². The highest BCUT2D eigenvalue weighted by molar-refractivity contribution is 5.78. The second kappa shape index (κ2) is 5.29. The Morgan fingerprint density at radius 1 is 1.50 bits per heavy atom. The Balaban J connectivity index is 2.47. The molecule has 82 valence electrons. The van der Waals surface area contributed by atoms with Gasteiger partial charge < -0.3 is 20.5 Å². The predicted molar refractivity (Wildman–Crippen MR) is 51.9 cm³/mol. The number of carbonyl (C=O) groups is 1. The Labute approximate surface area is 83.8 Å². The fraction of sp³-hybridized carbons (Fsp3) is 0.889. The van der Waals surface area contributed by atoms with Gasteiger partial charge in [0.25, 0.3) is 0 Å². The maximum absolute atomic E-state index is 11.3. The van der Waals surface area contributed by atoms with Crippen molar-refractivity contribution in [1.29, 1.82) is 0 Å². The summed E-state index contributed by atoms with van der Waals surface area (Å²) < 4.78 is 5.19. The van der Waals surface area contributed by atoms with Crippen LogP contribution in [-0.2, 0) is 9.53 Å². The second-order valence-corrected chi connectivity index (χ2v) is 3.63. The van der Waals surface area contributed by atoms with E-state index in [2.05, 4.69) is 10.6 Å². The fourth-order valence-corrected chi connectivity index (χ4v) is 1.59. The normalized spacial score (nSPS) is 20.4. The minimum absolute atomic E-state index is 0.0220. The molecule has 1 fully saturated rings. The topological polar surface area (TPSA) is 70.6 Å². The molecule has 1 rings (SSSR count). The number of likely N-dealkylation sites (N-methyl/N-ethyl adjacent to an activating group) is 1. The van der Waals surface area contributed by atoms with E-state index in [1.165, 1.54) is 0 Å². The van der Waals surface area contributed by atoms with Gasteiger partial charge in [0.1, 0.15) is 0 Å². The van der Waals surface area contributed by atoms with Gasteiger partial charge in [0.2, 0.25) is 5.91 Å². The monoisotopic (exact) mass is 202 g/mol. The number of ether oxygens (including phenoxy) is 1. The SMILES string of the molecule is CNCC(=O)NC1(CO)CCOCC1. The Morgan fingerprint density at radius 2 is 2.14 bits per heavy atom. The summed E-state index contributed by atoms with van der Waals surface area (Å²) in [5, 5.41) is 14.9. The summed E-state index contributed by atoms with van der Waals surface area (Å²) in [5.41, 5.74) is -0.466. The molecule has 1 aliphatic rings. The molecule has 3 N–H and O–H groups in total. The molecule has 5 heteroatoms. The van der Waals surface area contributed by atoms with Gasteiger partial charge in [-0.3, -0.25) is 4.79 Å².